The zero-order valence-electron chi connectivity index (χ0n) is 21.0. The van der Waals surface area contributed by atoms with Crippen molar-refractivity contribution in [2.75, 3.05) is 18.1 Å². The van der Waals surface area contributed by atoms with Gasteiger partial charge in [-0.1, -0.05) is 43.6 Å². The molecule has 180 valence electrons. The molecule has 0 bridgehead atoms. The lowest BCUT2D eigenvalue weighted by Gasteiger charge is -2.30. The summed E-state index contributed by atoms with van der Waals surface area (Å²) in [6.45, 7) is 14.4. The zero-order chi connectivity index (χ0) is 23.0. The number of hydrogen-bond donors (Lipinski definition) is 2. The third-order valence-corrected chi connectivity index (χ3v) is 8.29. The second-order valence-electron chi connectivity index (χ2n) is 10.8. The second-order valence-corrected chi connectivity index (χ2v) is 12.0. The van der Waals surface area contributed by atoms with Crippen LogP contribution in [0.1, 0.15) is 86.5 Å². The zero-order valence-corrected chi connectivity index (χ0v) is 21.8. The van der Waals surface area contributed by atoms with Gasteiger partial charge in [-0.2, -0.15) is 11.8 Å². The number of rotatable bonds is 14. The summed E-state index contributed by atoms with van der Waals surface area (Å²) in [5, 5.41) is 21.1. The van der Waals surface area contributed by atoms with Crippen molar-refractivity contribution in [3.63, 3.8) is 0 Å². The van der Waals surface area contributed by atoms with Crippen LogP contribution < -0.4 is 0 Å². The average molecular weight is 452 g/mol. The highest BCUT2D eigenvalue weighted by Crippen LogP contribution is 2.48. The van der Waals surface area contributed by atoms with Crippen LogP contribution in [0.3, 0.4) is 0 Å². The van der Waals surface area contributed by atoms with E-state index in [1.54, 1.807) is 5.57 Å². The fraction of sp³-hybridized carbons (Fsp3) is 0.852. The Hall–Kier alpha value is -0.290. The molecule has 31 heavy (non-hydrogen) atoms. The summed E-state index contributed by atoms with van der Waals surface area (Å²) in [6, 6.07) is 1.23. The van der Waals surface area contributed by atoms with Crippen LogP contribution in [0.4, 0.5) is 0 Å². The maximum atomic E-state index is 10.6. The lowest BCUT2D eigenvalue weighted by Crippen LogP contribution is -2.38. The van der Waals surface area contributed by atoms with E-state index in [4.69, 9.17) is 0 Å². The van der Waals surface area contributed by atoms with Gasteiger partial charge in [-0.25, -0.2) is 0 Å². The van der Waals surface area contributed by atoms with Crippen molar-refractivity contribution in [3.05, 3.63) is 23.8 Å². The molecule has 0 aromatic rings. The number of thioether (sulfide) groups is 1. The first-order valence-electron chi connectivity index (χ1n) is 12.7. The summed E-state index contributed by atoms with van der Waals surface area (Å²) in [4.78, 5) is 2.57. The first kappa shape index (κ1) is 27.0. The van der Waals surface area contributed by atoms with E-state index in [2.05, 4.69) is 69.5 Å². The minimum absolute atomic E-state index is 0.225. The van der Waals surface area contributed by atoms with Gasteiger partial charge in [0, 0.05) is 30.3 Å². The predicted octanol–water partition coefficient (Wildman–Crippen LogP) is 6.06. The van der Waals surface area contributed by atoms with Gasteiger partial charge in [0.15, 0.2) is 0 Å². The number of aliphatic hydroxyl groups is 2. The molecule has 0 amide bonds. The van der Waals surface area contributed by atoms with Crippen LogP contribution in [0.2, 0.25) is 0 Å². The van der Waals surface area contributed by atoms with E-state index in [0.29, 0.717) is 30.3 Å². The van der Waals surface area contributed by atoms with Crippen LogP contribution in [0, 0.1) is 17.8 Å². The van der Waals surface area contributed by atoms with Crippen molar-refractivity contribution in [3.8, 4) is 0 Å². The Kier molecular flexibility index (Phi) is 11.1. The van der Waals surface area contributed by atoms with E-state index in [9.17, 15) is 10.2 Å². The Labute approximate surface area is 196 Å². The van der Waals surface area contributed by atoms with E-state index in [-0.39, 0.29) is 12.0 Å². The van der Waals surface area contributed by atoms with Gasteiger partial charge in [0.2, 0.25) is 0 Å². The standard InChI is InChI=1S/C27H49NO2S/c1-7-8-12-27(6,30)13-9-10-24-25-18-22(17-23(25)19-26(24)29)11-15-31-16-14-28(20(2)3)21(4)5/h9-10,17,20-21,23-26,29-30H,7-8,11-16,18-19H2,1-6H3/t23-,24+,25-,26+,27-/m0/s1. The molecule has 2 rings (SSSR count). The molecule has 1 saturated carbocycles. The highest BCUT2D eigenvalue weighted by atomic mass is 32.2. The van der Waals surface area contributed by atoms with Crippen molar-refractivity contribution in [2.24, 2.45) is 17.8 Å². The third-order valence-electron chi connectivity index (χ3n) is 7.32. The molecule has 0 aliphatic heterocycles. The number of fused-ring (bicyclic) bond motifs is 1. The van der Waals surface area contributed by atoms with Crippen LogP contribution in [0.25, 0.3) is 0 Å². The van der Waals surface area contributed by atoms with Gasteiger partial charge in [-0.05, 0) is 84.3 Å². The molecule has 2 aliphatic rings. The van der Waals surface area contributed by atoms with Gasteiger partial charge >= 0.3 is 0 Å². The van der Waals surface area contributed by atoms with Gasteiger partial charge in [0.25, 0.3) is 0 Å². The lowest BCUT2D eigenvalue weighted by molar-refractivity contribution is 0.0513. The quantitative estimate of drug-likeness (QED) is 0.249. The fourth-order valence-electron chi connectivity index (χ4n) is 5.52. The molecule has 0 radical (unpaired) electrons. The summed E-state index contributed by atoms with van der Waals surface area (Å²) in [7, 11) is 0. The number of hydrogen-bond acceptors (Lipinski definition) is 4. The highest BCUT2D eigenvalue weighted by molar-refractivity contribution is 7.99. The molecule has 0 spiro atoms. The molecule has 0 aromatic carbocycles. The van der Waals surface area contributed by atoms with E-state index in [1.807, 2.05) is 6.92 Å². The number of nitrogens with zero attached hydrogens (tertiary/aromatic N) is 1. The smallest absolute Gasteiger partial charge is 0.0654 e. The van der Waals surface area contributed by atoms with Crippen molar-refractivity contribution in [1.29, 1.82) is 0 Å². The first-order valence-corrected chi connectivity index (χ1v) is 13.9. The number of unbranched alkanes of at least 4 members (excludes halogenated alkanes) is 1. The number of allylic oxidation sites excluding steroid dienone is 2. The third kappa shape index (κ3) is 8.53. The van der Waals surface area contributed by atoms with Gasteiger partial charge < -0.3 is 10.2 Å². The summed E-state index contributed by atoms with van der Waals surface area (Å²) in [5.74, 6) is 3.77. The van der Waals surface area contributed by atoms with Crippen molar-refractivity contribution in [1.82, 2.24) is 4.90 Å². The Bertz CT molecular complexity index is 576. The molecule has 2 N–H and O–H groups in total. The number of aliphatic hydroxyl groups excluding tert-OH is 1. The Morgan fingerprint density at radius 3 is 2.58 bits per heavy atom. The molecule has 4 heteroatoms. The molecule has 0 aromatic heterocycles. The molecule has 0 heterocycles. The Morgan fingerprint density at radius 1 is 1.23 bits per heavy atom. The average Bonchev–Trinajstić information content (AvgIpc) is 3.19. The van der Waals surface area contributed by atoms with E-state index >= 15 is 0 Å². The van der Waals surface area contributed by atoms with E-state index < -0.39 is 5.60 Å². The SMILES string of the molecule is CCCC[C@](C)(O)CC=C[C@@H]1[C@H]2CC(CCSCCN(C(C)C)C(C)C)=C[C@H]2C[C@H]1O. The molecule has 5 atom stereocenters. The molecule has 0 unspecified atom stereocenters. The van der Waals surface area contributed by atoms with Gasteiger partial charge in [-0.15, -0.1) is 0 Å². The normalized spacial score (nSPS) is 28.2. The van der Waals surface area contributed by atoms with Crippen molar-refractivity contribution in [2.45, 2.75) is 110 Å². The molecule has 1 fully saturated rings. The van der Waals surface area contributed by atoms with Crippen LogP contribution in [-0.2, 0) is 0 Å². The molecular weight excluding hydrogens is 402 g/mol. The molecule has 0 saturated heterocycles. The second kappa shape index (κ2) is 12.8. The molecular formula is C27H49NO2S. The molecule has 3 nitrogen and oxygen atoms in total. The minimum atomic E-state index is -0.619. The summed E-state index contributed by atoms with van der Waals surface area (Å²) >= 11 is 2.08. The van der Waals surface area contributed by atoms with Crippen molar-refractivity contribution >= 4 is 11.8 Å². The fourth-order valence-corrected chi connectivity index (χ4v) is 6.47. The maximum absolute atomic E-state index is 10.6. The van der Waals surface area contributed by atoms with Crippen LogP contribution >= 0.6 is 11.8 Å². The summed E-state index contributed by atoms with van der Waals surface area (Å²) in [6.07, 6.45) is 13.6. The van der Waals surface area contributed by atoms with E-state index in [0.717, 1.165) is 32.1 Å². The Balaban J connectivity index is 1.74. The van der Waals surface area contributed by atoms with Gasteiger partial charge in [0.05, 0.1) is 11.7 Å². The van der Waals surface area contributed by atoms with Gasteiger partial charge in [0.1, 0.15) is 0 Å². The topological polar surface area (TPSA) is 43.7 Å². The lowest BCUT2D eigenvalue weighted by atomic mass is 9.88. The maximum Gasteiger partial charge on any atom is 0.0654 e. The summed E-state index contributed by atoms with van der Waals surface area (Å²) < 4.78 is 0. The van der Waals surface area contributed by atoms with Crippen LogP contribution in [-0.4, -0.2) is 57.0 Å². The Morgan fingerprint density at radius 2 is 1.94 bits per heavy atom. The van der Waals surface area contributed by atoms with Crippen LogP contribution in [0.15, 0.2) is 23.8 Å². The summed E-state index contributed by atoms with van der Waals surface area (Å²) in [5.41, 5.74) is 0.985. The predicted molar refractivity (Wildman–Crippen MR) is 137 cm³/mol. The minimum Gasteiger partial charge on any atom is -0.392 e. The monoisotopic (exact) mass is 451 g/mol. The first-order chi connectivity index (χ1) is 14.6. The van der Waals surface area contributed by atoms with E-state index in [1.165, 1.54) is 24.5 Å². The van der Waals surface area contributed by atoms with Crippen molar-refractivity contribution < 1.29 is 10.2 Å². The largest absolute Gasteiger partial charge is 0.392 e. The molecule has 2 aliphatic carbocycles. The highest BCUT2D eigenvalue weighted by Gasteiger charge is 2.43. The van der Waals surface area contributed by atoms with Crippen LogP contribution in [0.5, 0.6) is 0 Å². The van der Waals surface area contributed by atoms with Gasteiger partial charge in [-0.3, -0.25) is 4.90 Å².